The number of nitrogens with one attached hydrogen (secondary N) is 2. The number of benzene rings is 2. The molecule has 1 saturated heterocycles. The SMILES string of the molecule is CC(C)Cn1nnc(-c2ccc(N)cc2)n1.Cc1ccn(-c2ccc(NC(=O)N3CCC(CCCC(=O)NO)CC3)cc2)n1. The Morgan fingerprint density at radius 2 is 1.73 bits per heavy atom. The third kappa shape index (κ3) is 9.63. The summed E-state index contributed by atoms with van der Waals surface area (Å²) in [5.74, 6) is 1.33. The molecule has 0 aliphatic carbocycles. The van der Waals surface area contributed by atoms with Crippen LogP contribution < -0.4 is 16.5 Å². The van der Waals surface area contributed by atoms with Gasteiger partial charge in [0, 0.05) is 42.6 Å². The first-order chi connectivity index (χ1) is 21.2. The highest BCUT2D eigenvalue weighted by atomic mass is 16.5. The van der Waals surface area contributed by atoms with Gasteiger partial charge in [-0.2, -0.15) is 9.90 Å². The van der Waals surface area contributed by atoms with Crippen molar-refractivity contribution >= 4 is 23.3 Å². The Bertz CT molecular complexity index is 1470. The summed E-state index contributed by atoms with van der Waals surface area (Å²) in [5, 5.41) is 28.1. The number of anilines is 2. The van der Waals surface area contributed by atoms with Crippen LogP contribution in [0.5, 0.6) is 0 Å². The number of rotatable bonds is 9. The smallest absolute Gasteiger partial charge is 0.321 e. The molecule has 2 aromatic carbocycles. The molecule has 5 rings (SSSR count). The van der Waals surface area contributed by atoms with Crippen molar-refractivity contribution in [3.05, 3.63) is 66.5 Å². The fourth-order valence-electron chi connectivity index (χ4n) is 4.89. The van der Waals surface area contributed by atoms with Crippen LogP contribution >= 0.6 is 0 Å². The molecular formula is C31H42N10O3. The van der Waals surface area contributed by atoms with Crippen molar-refractivity contribution in [2.75, 3.05) is 24.1 Å². The molecule has 0 atom stereocenters. The third-order valence-corrected chi connectivity index (χ3v) is 7.30. The number of urea groups is 1. The summed E-state index contributed by atoms with van der Waals surface area (Å²) < 4.78 is 1.80. The van der Waals surface area contributed by atoms with E-state index in [1.54, 1.807) is 15.0 Å². The Hall–Kier alpha value is -4.78. The van der Waals surface area contributed by atoms with Gasteiger partial charge in [-0.15, -0.1) is 10.2 Å². The minimum Gasteiger partial charge on any atom is -0.399 e. The van der Waals surface area contributed by atoms with Gasteiger partial charge in [-0.05, 0) is 104 Å². The van der Waals surface area contributed by atoms with Gasteiger partial charge in [0.1, 0.15) is 0 Å². The number of aryl methyl sites for hydroxylation is 1. The molecule has 13 heteroatoms. The molecular weight excluding hydrogens is 560 g/mol. The van der Waals surface area contributed by atoms with Crippen molar-refractivity contribution in [2.24, 2.45) is 11.8 Å². The van der Waals surface area contributed by atoms with Crippen molar-refractivity contribution in [1.29, 1.82) is 0 Å². The topological polar surface area (TPSA) is 169 Å². The zero-order valence-electron chi connectivity index (χ0n) is 25.6. The van der Waals surface area contributed by atoms with Crippen LogP contribution in [0, 0.1) is 18.8 Å². The number of nitrogen functional groups attached to an aromatic ring is 1. The number of piperidine rings is 1. The average molecular weight is 603 g/mol. The fourth-order valence-corrected chi connectivity index (χ4v) is 4.89. The summed E-state index contributed by atoms with van der Waals surface area (Å²) in [6.45, 7) is 8.39. The molecule has 1 aliphatic heterocycles. The highest BCUT2D eigenvalue weighted by Gasteiger charge is 2.23. The van der Waals surface area contributed by atoms with Crippen molar-refractivity contribution in [1.82, 2.24) is 40.4 Å². The lowest BCUT2D eigenvalue weighted by atomic mass is 9.91. The number of carbonyl (C=O) groups is 2. The lowest BCUT2D eigenvalue weighted by molar-refractivity contribution is -0.129. The van der Waals surface area contributed by atoms with Gasteiger partial charge in [0.15, 0.2) is 0 Å². The number of amides is 3. The van der Waals surface area contributed by atoms with Crippen LogP contribution in [-0.4, -0.2) is 65.1 Å². The van der Waals surface area contributed by atoms with Crippen LogP contribution in [0.1, 0.15) is 51.6 Å². The summed E-state index contributed by atoms with van der Waals surface area (Å²) in [7, 11) is 0. The minimum atomic E-state index is -0.342. The predicted octanol–water partition coefficient (Wildman–Crippen LogP) is 4.68. The predicted molar refractivity (Wildman–Crippen MR) is 168 cm³/mol. The van der Waals surface area contributed by atoms with Gasteiger partial charge in [0.05, 0.1) is 17.9 Å². The normalized spacial score (nSPS) is 13.3. The maximum Gasteiger partial charge on any atom is 0.321 e. The van der Waals surface area contributed by atoms with Gasteiger partial charge in [-0.3, -0.25) is 10.0 Å². The first kappa shape index (κ1) is 32.1. The first-order valence-electron chi connectivity index (χ1n) is 15.0. The fraction of sp³-hybridized carbons (Fsp3) is 0.419. The molecule has 1 fully saturated rings. The average Bonchev–Trinajstić information content (AvgIpc) is 3.67. The highest BCUT2D eigenvalue weighted by molar-refractivity contribution is 5.89. The number of tetrazole rings is 1. The highest BCUT2D eigenvalue weighted by Crippen LogP contribution is 2.23. The van der Waals surface area contributed by atoms with Gasteiger partial charge in [-0.1, -0.05) is 13.8 Å². The molecule has 1 aliphatic rings. The number of nitrogens with two attached hydrogens (primary N) is 1. The second kappa shape index (κ2) is 15.6. The summed E-state index contributed by atoms with van der Waals surface area (Å²) in [4.78, 5) is 27.0. The van der Waals surface area contributed by atoms with E-state index in [1.807, 2.05) is 72.6 Å². The second-order valence-electron chi connectivity index (χ2n) is 11.4. The Balaban J connectivity index is 0.000000233. The van der Waals surface area contributed by atoms with Crippen LogP contribution in [0.15, 0.2) is 60.8 Å². The first-order valence-corrected chi connectivity index (χ1v) is 15.0. The number of hydroxylamine groups is 1. The molecule has 44 heavy (non-hydrogen) atoms. The molecule has 0 radical (unpaired) electrons. The number of hydrogen-bond donors (Lipinski definition) is 4. The van der Waals surface area contributed by atoms with E-state index in [2.05, 4.69) is 39.7 Å². The maximum absolute atomic E-state index is 12.5. The Kier molecular flexibility index (Phi) is 11.4. The minimum absolute atomic E-state index is 0.0826. The van der Waals surface area contributed by atoms with Gasteiger partial charge < -0.3 is 16.0 Å². The van der Waals surface area contributed by atoms with E-state index in [9.17, 15) is 9.59 Å². The second-order valence-corrected chi connectivity index (χ2v) is 11.4. The lowest BCUT2D eigenvalue weighted by Gasteiger charge is -2.32. The number of likely N-dealkylation sites (tertiary alicyclic amines) is 1. The molecule has 13 nitrogen and oxygen atoms in total. The van der Waals surface area contributed by atoms with Crippen molar-refractivity contribution in [3.63, 3.8) is 0 Å². The number of aromatic nitrogens is 6. The molecule has 3 amide bonds. The van der Waals surface area contributed by atoms with Gasteiger partial charge in [-0.25, -0.2) is 15.0 Å². The Morgan fingerprint density at radius 3 is 2.34 bits per heavy atom. The molecule has 4 aromatic rings. The monoisotopic (exact) mass is 602 g/mol. The van der Waals surface area contributed by atoms with Crippen molar-refractivity contribution in [2.45, 2.75) is 59.4 Å². The number of nitrogens with zero attached hydrogens (tertiary/aromatic N) is 7. The van der Waals surface area contributed by atoms with E-state index in [-0.39, 0.29) is 11.9 Å². The van der Waals surface area contributed by atoms with E-state index in [4.69, 9.17) is 10.9 Å². The Morgan fingerprint density at radius 1 is 1.02 bits per heavy atom. The summed E-state index contributed by atoms with van der Waals surface area (Å²) in [5.41, 5.74) is 11.6. The van der Waals surface area contributed by atoms with Crippen molar-refractivity contribution in [3.8, 4) is 17.1 Å². The zero-order valence-corrected chi connectivity index (χ0v) is 25.6. The number of carbonyl (C=O) groups excluding carboxylic acids is 2. The summed E-state index contributed by atoms with van der Waals surface area (Å²) in [6, 6.07) is 16.9. The Labute approximate surface area is 257 Å². The molecule has 5 N–H and O–H groups in total. The number of hydrogen-bond acceptors (Lipinski definition) is 8. The van der Waals surface area contributed by atoms with E-state index >= 15 is 0 Å². The maximum atomic E-state index is 12.5. The van der Waals surface area contributed by atoms with E-state index < -0.39 is 0 Å². The summed E-state index contributed by atoms with van der Waals surface area (Å²) in [6.07, 6.45) is 5.81. The largest absolute Gasteiger partial charge is 0.399 e. The van der Waals surface area contributed by atoms with Crippen LogP contribution in [0.2, 0.25) is 0 Å². The molecule has 0 saturated carbocycles. The van der Waals surface area contributed by atoms with E-state index in [0.29, 0.717) is 37.2 Å². The van der Waals surface area contributed by atoms with Crippen molar-refractivity contribution < 1.29 is 14.8 Å². The van der Waals surface area contributed by atoms with Crippen LogP contribution in [0.25, 0.3) is 17.1 Å². The zero-order chi connectivity index (χ0) is 31.5. The molecule has 0 spiro atoms. The molecule has 0 unspecified atom stereocenters. The van der Waals surface area contributed by atoms with Gasteiger partial charge in [0.2, 0.25) is 11.7 Å². The summed E-state index contributed by atoms with van der Waals surface area (Å²) >= 11 is 0. The molecule has 0 bridgehead atoms. The van der Waals surface area contributed by atoms with E-state index in [1.165, 1.54) is 0 Å². The standard InChI is InChI=1S/C20H27N5O3.C11H15N5/c1-15-9-14-25(22-15)18-7-5-17(6-8-18)21-20(27)24-12-10-16(11-13-24)3-2-4-19(26)23-28;1-8(2)7-16-14-11(13-15-16)9-3-5-10(12)6-4-9/h5-9,14,16,28H,2-4,10-13H2,1H3,(H,21,27)(H,23,26);3-6,8H,7,12H2,1-2H3. The van der Waals surface area contributed by atoms with Gasteiger partial charge >= 0.3 is 6.03 Å². The lowest BCUT2D eigenvalue weighted by Crippen LogP contribution is -2.41. The van der Waals surface area contributed by atoms with Crippen LogP contribution in [-0.2, 0) is 11.3 Å². The van der Waals surface area contributed by atoms with Gasteiger partial charge in [0.25, 0.3) is 0 Å². The molecule has 3 heterocycles. The van der Waals surface area contributed by atoms with E-state index in [0.717, 1.165) is 60.5 Å². The molecule has 234 valence electrons. The molecule has 2 aromatic heterocycles. The van der Waals surface area contributed by atoms with Crippen LogP contribution in [0.4, 0.5) is 16.2 Å². The van der Waals surface area contributed by atoms with Crippen LogP contribution in [0.3, 0.4) is 0 Å². The quantitative estimate of drug-likeness (QED) is 0.122. The third-order valence-electron chi connectivity index (χ3n) is 7.30.